The van der Waals surface area contributed by atoms with E-state index in [-0.39, 0.29) is 30.5 Å². The van der Waals surface area contributed by atoms with E-state index in [0.29, 0.717) is 23.3 Å². The van der Waals surface area contributed by atoms with E-state index in [4.69, 9.17) is 0 Å². The zero-order valence-electron chi connectivity index (χ0n) is 14.8. The molecule has 0 radical (unpaired) electrons. The van der Waals surface area contributed by atoms with Crippen LogP contribution in [0.2, 0.25) is 0 Å². The number of thiophene rings is 1. The summed E-state index contributed by atoms with van der Waals surface area (Å²) < 4.78 is 30.1. The predicted octanol–water partition coefficient (Wildman–Crippen LogP) is 2.45. The zero-order valence-corrected chi connectivity index (χ0v) is 20.3. The minimum Gasteiger partial charge on any atom is -0.355 e. The van der Waals surface area contributed by atoms with Gasteiger partial charge in [-0.25, -0.2) is 13.1 Å². The van der Waals surface area contributed by atoms with Crippen molar-refractivity contribution < 1.29 is 8.42 Å². The molecule has 2 heterocycles. The van der Waals surface area contributed by atoms with E-state index in [1.807, 2.05) is 29.8 Å². The molecule has 0 aliphatic rings. The van der Waals surface area contributed by atoms with Crippen LogP contribution in [0, 0.1) is 0 Å². The molecule has 0 fully saturated rings. The Kier molecular flexibility index (Phi) is 9.58. The molecule has 0 unspecified atom stereocenters. The van der Waals surface area contributed by atoms with Crippen LogP contribution in [0.1, 0.15) is 5.69 Å². The van der Waals surface area contributed by atoms with Gasteiger partial charge in [-0.05, 0) is 33.4 Å². The standard InChI is InChI=1S/C15H22BrN5O2S2.HI/c1-17-15(21(3)11-13-9-12(16)10-20(13)2)18-6-7-19-25(22,23)14-5-4-8-24-14;/h4-5,8-10,19H,6-7,11H2,1-3H3,(H,17,18);1H. The van der Waals surface area contributed by atoms with Gasteiger partial charge in [0.1, 0.15) is 4.21 Å². The number of aliphatic imine (C=N–C) groups is 1. The highest BCUT2D eigenvalue weighted by Crippen LogP contribution is 2.15. The first-order valence-electron chi connectivity index (χ1n) is 7.59. The molecule has 0 saturated heterocycles. The van der Waals surface area contributed by atoms with Crippen LogP contribution < -0.4 is 10.0 Å². The second-order valence-corrected chi connectivity index (χ2v) is 9.28. The van der Waals surface area contributed by atoms with Gasteiger partial charge < -0.3 is 14.8 Å². The van der Waals surface area contributed by atoms with Gasteiger partial charge in [0.05, 0.1) is 6.54 Å². The molecular formula is C15H23BrIN5O2S2. The molecule has 2 N–H and O–H groups in total. The first-order valence-corrected chi connectivity index (χ1v) is 10.7. The Morgan fingerprint density at radius 1 is 1.42 bits per heavy atom. The zero-order chi connectivity index (χ0) is 18.4. The number of sulfonamides is 1. The third kappa shape index (κ3) is 6.51. The summed E-state index contributed by atoms with van der Waals surface area (Å²) >= 11 is 4.66. The lowest BCUT2D eigenvalue weighted by molar-refractivity contribution is 0.462. The van der Waals surface area contributed by atoms with Crippen molar-refractivity contribution in [2.75, 3.05) is 27.2 Å². The number of guanidine groups is 1. The molecule has 2 aromatic heterocycles. The van der Waals surface area contributed by atoms with Crippen molar-refractivity contribution in [2.24, 2.45) is 12.0 Å². The summed E-state index contributed by atoms with van der Waals surface area (Å²) in [6.45, 7) is 1.41. The molecule has 7 nitrogen and oxygen atoms in total. The molecule has 0 aliphatic carbocycles. The van der Waals surface area contributed by atoms with Crippen LogP contribution >= 0.6 is 51.2 Å². The number of nitrogens with zero attached hydrogens (tertiary/aromatic N) is 3. The molecule has 146 valence electrons. The van der Waals surface area contributed by atoms with Gasteiger partial charge in [-0.3, -0.25) is 4.99 Å². The van der Waals surface area contributed by atoms with Crippen molar-refractivity contribution in [1.29, 1.82) is 0 Å². The Balaban J connectivity index is 0.00000338. The number of rotatable bonds is 7. The Bertz CT molecular complexity index is 821. The highest BCUT2D eigenvalue weighted by atomic mass is 127. The monoisotopic (exact) mass is 575 g/mol. The summed E-state index contributed by atoms with van der Waals surface area (Å²) in [5, 5.41) is 4.91. The average Bonchev–Trinajstić information content (AvgIpc) is 3.18. The van der Waals surface area contributed by atoms with Crippen LogP contribution in [0.4, 0.5) is 0 Å². The second-order valence-electron chi connectivity index (χ2n) is 5.42. The van der Waals surface area contributed by atoms with E-state index < -0.39 is 10.0 Å². The Morgan fingerprint density at radius 2 is 2.15 bits per heavy atom. The molecule has 0 spiro atoms. The van der Waals surface area contributed by atoms with Gasteiger partial charge in [-0.1, -0.05) is 6.07 Å². The van der Waals surface area contributed by atoms with Crippen LogP contribution in [0.5, 0.6) is 0 Å². The lowest BCUT2D eigenvalue weighted by Gasteiger charge is -2.22. The first kappa shape index (κ1) is 23.4. The van der Waals surface area contributed by atoms with Crippen LogP contribution in [0.15, 0.2) is 43.5 Å². The first-order chi connectivity index (χ1) is 11.8. The molecule has 11 heteroatoms. The normalized spacial score (nSPS) is 11.9. The highest BCUT2D eigenvalue weighted by molar-refractivity contribution is 14.0. The van der Waals surface area contributed by atoms with Gasteiger partial charge >= 0.3 is 0 Å². The molecule has 0 saturated carbocycles. The topological polar surface area (TPSA) is 78.7 Å². The van der Waals surface area contributed by atoms with E-state index in [1.165, 1.54) is 11.3 Å². The van der Waals surface area contributed by atoms with E-state index in [2.05, 4.69) is 37.0 Å². The Labute approximate surface area is 184 Å². The SMILES string of the molecule is CN=C(NCCNS(=O)(=O)c1cccs1)N(C)Cc1cc(Br)cn1C.I. The van der Waals surface area contributed by atoms with Gasteiger partial charge in [-0.2, -0.15) is 0 Å². The Morgan fingerprint density at radius 3 is 2.69 bits per heavy atom. The minimum atomic E-state index is -3.43. The van der Waals surface area contributed by atoms with Crippen molar-refractivity contribution in [3.63, 3.8) is 0 Å². The van der Waals surface area contributed by atoms with Crippen molar-refractivity contribution in [3.8, 4) is 0 Å². The predicted molar refractivity (Wildman–Crippen MR) is 121 cm³/mol. The molecule has 0 bridgehead atoms. The van der Waals surface area contributed by atoms with Gasteiger partial charge in [-0.15, -0.1) is 35.3 Å². The summed E-state index contributed by atoms with van der Waals surface area (Å²) in [6.07, 6.45) is 2.00. The van der Waals surface area contributed by atoms with Crippen LogP contribution in [-0.2, 0) is 23.6 Å². The molecular weight excluding hydrogens is 553 g/mol. The number of halogens is 2. The quantitative estimate of drug-likeness (QED) is 0.230. The van der Waals surface area contributed by atoms with Crippen LogP contribution in [0.3, 0.4) is 0 Å². The number of nitrogens with one attached hydrogen (secondary N) is 2. The van der Waals surface area contributed by atoms with E-state index in [0.717, 1.165) is 10.2 Å². The number of aromatic nitrogens is 1. The van der Waals surface area contributed by atoms with Gasteiger partial charge in [0.25, 0.3) is 0 Å². The molecule has 2 aromatic rings. The number of hydrogen-bond donors (Lipinski definition) is 2. The van der Waals surface area contributed by atoms with Gasteiger partial charge in [0.2, 0.25) is 10.0 Å². The number of aryl methyl sites for hydroxylation is 1. The van der Waals surface area contributed by atoms with Crippen molar-refractivity contribution in [2.45, 2.75) is 10.8 Å². The lowest BCUT2D eigenvalue weighted by atomic mass is 10.4. The molecule has 0 amide bonds. The van der Waals surface area contributed by atoms with Crippen molar-refractivity contribution in [1.82, 2.24) is 19.5 Å². The second kappa shape index (κ2) is 10.6. The van der Waals surface area contributed by atoms with Crippen LogP contribution in [-0.4, -0.2) is 51.0 Å². The van der Waals surface area contributed by atoms with E-state index in [9.17, 15) is 8.42 Å². The molecule has 0 atom stereocenters. The fourth-order valence-electron chi connectivity index (χ4n) is 2.27. The molecule has 0 aromatic carbocycles. The van der Waals surface area contributed by atoms with Gasteiger partial charge in [0.15, 0.2) is 5.96 Å². The van der Waals surface area contributed by atoms with Crippen molar-refractivity contribution >= 4 is 67.2 Å². The van der Waals surface area contributed by atoms with Crippen LogP contribution in [0.25, 0.3) is 0 Å². The van der Waals surface area contributed by atoms with E-state index >= 15 is 0 Å². The summed E-state index contributed by atoms with van der Waals surface area (Å²) in [7, 11) is 2.20. The average molecular weight is 576 g/mol. The largest absolute Gasteiger partial charge is 0.355 e. The maximum Gasteiger partial charge on any atom is 0.250 e. The lowest BCUT2D eigenvalue weighted by Crippen LogP contribution is -2.42. The summed E-state index contributed by atoms with van der Waals surface area (Å²) in [6, 6.07) is 5.36. The fourth-order valence-corrected chi connectivity index (χ4v) is 4.91. The summed E-state index contributed by atoms with van der Waals surface area (Å²) in [4.78, 5) is 6.22. The molecule has 2 rings (SSSR count). The maximum absolute atomic E-state index is 12.0. The molecule has 0 aliphatic heterocycles. The Hall–Kier alpha value is -0.630. The van der Waals surface area contributed by atoms with Gasteiger partial charge in [0, 0.05) is 50.6 Å². The third-order valence-corrected chi connectivity index (χ3v) is 6.80. The number of hydrogen-bond acceptors (Lipinski definition) is 4. The van der Waals surface area contributed by atoms with Crippen molar-refractivity contribution in [3.05, 3.63) is 39.9 Å². The van der Waals surface area contributed by atoms with E-state index in [1.54, 1.807) is 24.6 Å². The fraction of sp³-hybridized carbons (Fsp3) is 0.400. The smallest absolute Gasteiger partial charge is 0.250 e. The third-order valence-electron chi connectivity index (χ3n) is 3.51. The summed E-state index contributed by atoms with van der Waals surface area (Å²) in [5.41, 5.74) is 1.13. The minimum absolute atomic E-state index is 0. The summed E-state index contributed by atoms with van der Waals surface area (Å²) in [5.74, 6) is 0.702. The highest BCUT2D eigenvalue weighted by Gasteiger charge is 2.14. The maximum atomic E-state index is 12.0. The molecule has 26 heavy (non-hydrogen) atoms.